The first-order chi connectivity index (χ1) is 14.7. The van der Waals surface area contributed by atoms with E-state index in [1.54, 1.807) is 0 Å². The predicted octanol–water partition coefficient (Wildman–Crippen LogP) is 9.93. The normalized spacial score (nSPS) is 12.2. The Bertz CT molecular complexity index is 340. The Balaban J connectivity index is 3.99. The first-order valence-corrected chi connectivity index (χ1v) is 13.9. The van der Waals surface area contributed by atoms with Gasteiger partial charge in [-0.05, 0) is 32.1 Å². The third-order valence-electron chi connectivity index (χ3n) is 6.29. The van der Waals surface area contributed by atoms with Gasteiger partial charge in [0, 0.05) is 6.42 Å². The number of carbonyl (C=O) groups excluding carboxylic acids is 1. The molecule has 0 amide bonds. The average Bonchev–Trinajstić information content (AvgIpc) is 2.74. The molecule has 0 aliphatic carbocycles. The average molecular weight is 425 g/mol. The fraction of sp³-hybridized carbons (Fsp3) is 0.964. The van der Waals surface area contributed by atoms with Crippen LogP contribution in [0.1, 0.15) is 168 Å². The molecule has 30 heavy (non-hydrogen) atoms. The summed E-state index contributed by atoms with van der Waals surface area (Å²) in [5.41, 5.74) is 0. The number of rotatable bonds is 24. The van der Waals surface area contributed by atoms with Crippen LogP contribution in [0.15, 0.2) is 0 Å². The molecule has 2 nitrogen and oxygen atoms in total. The summed E-state index contributed by atoms with van der Waals surface area (Å²) in [7, 11) is 0. The van der Waals surface area contributed by atoms with Gasteiger partial charge < -0.3 is 4.74 Å². The molecule has 0 aliphatic rings. The molecule has 0 fully saturated rings. The minimum atomic E-state index is 0.0579. The molecule has 1 unspecified atom stereocenters. The summed E-state index contributed by atoms with van der Waals surface area (Å²) in [5.74, 6) is 0.0579. The highest BCUT2D eigenvalue weighted by Crippen LogP contribution is 2.18. The molecule has 2 heteroatoms. The molecule has 0 rings (SSSR count). The molecule has 0 saturated heterocycles. The predicted molar refractivity (Wildman–Crippen MR) is 133 cm³/mol. The van der Waals surface area contributed by atoms with Crippen molar-refractivity contribution in [2.75, 3.05) is 0 Å². The Morgan fingerprint density at radius 1 is 0.500 bits per heavy atom. The van der Waals surface area contributed by atoms with E-state index >= 15 is 0 Å². The van der Waals surface area contributed by atoms with Crippen molar-refractivity contribution in [3.05, 3.63) is 0 Å². The van der Waals surface area contributed by atoms with Crippen LogP contribution in [0.3, 0.4) is 0 Å². The van der Waals surface area contributed by atoms with Gasteiger partial charge in [-0.3, -0.25) is 4.79 Å². The summed E-state index contributed by atoms with van der Waals surface area (Å²) >= 11 is 0. The van der Waals surface area contributed by atoms with Gasteiger partial charge in [-0.2, -0.15) is 0 Å². The summed E-state index contributed by atoms with van der Waals surface area (Å²) in [6.07, 6.45) is 28.9. The Hall–Kier alpha value is -0.530. The fourth-order valence-corrected chi connectivity index (χ4v) is 4.21. The van der Waals surface area contributed by atoms with Gasteiger partial charge in [0.25, 0.3) is 0 Å². The molecule has 0 bridgehead atoms. The molecule has 1 atom stereocenters. The third kappa shape index (κ3) is 22.2. The topological polar surface area (TPSA) is 26.3 Å². The molecule has 0 aromatic rings. The van der Waals surface area contributed by atoms with E-state index in [4.69, 9.17) is 4.74 Å². The van der Waals surface area contributed by atoms with Gasteiger partial charge in [0.15, 0.2) is 0 Å². The van der Waals surface area contributed by atoms with Crippen LogP contribution in [0.2, 0.25) is 0 Å². The van der Waals surface area contributed by atoms with Crippen molar-refractivity contribution < 1.29 is 9.53 Å². The van der Waals surface area contributed by atoms with Crippen molar-refractivity contribution in [2.45, 2.75) is 175 Å². The lowest BCUT2D eigenvalue weighted by Crippen LogP contribution is -2.18. The standard InChI is InChI=1S/C28H56O2/c1-4-7-10-13-16-19-22-25-27(24-21-18-15-12-9-6-3)30-28(29)26-23-20-17-14-11-8-5-2/h27H,4-26H2,1-3H3. The van der Waals surface area contributed by atoms with Crippen LogP contribution < -0.4 is 0 Å². The fourth-order valence-electron chi connectivity index (χ4n) is 4.21. The number of hydrogen-bond donors (Lipinski definition) is 0. The van der Waals surface area contributed by atoms with E-state index in [9.17, 15) is 4.79 Å². The van der Waals surface area contributed by atoms with Crippen LogP contribution >= 0.6 is 0 Å². The maximum atomic E-state index is 12.3. The lowest BCUT2D eigenvalue weighted by atomic mass is 10.0. The van der Waals surface area contributed by atoms with Gasteiger partial charge in [-0.25, -0.2) is 0 Å². The third-order valence-corrected chi connectivity index (χ3v) is 6.29. The highest BCUT2D eigenvalue weighted by molar-refractivity contribution is 5.69. The van der Waals surface area contributed by atoms with E-state index in [2.05, 4.69) is 20.8 Å². The smallest absolute Gasteiger partial charge is 0.306 e. The van der Waals surface area contributed by atoms with E-state index in [0.717, 1.165) is 19.3 Å². The second kappa shape index (κ2) is 24.7. The van der Waals surface area contributed by atoms with E-state index in [1.807, 2.05) is 0 Å². The largest absolute Gasteiger partial charge is 0.462 e. The molecule has 0 saturated carbocycles. The van der Waals surface area contributed by atoms with E-state index in [0.29, 0.717) is 6.42 Å². The Labute approximate surface area is 190 Å². The maximum absolute atomic E-state index is 12.3. The van der Waals surface area contributed by atoms with E-state index in [-0.39, 0.29) is 12.1 Å². The molecular weight excluding hydrogens is 368 g/mol. The lowest BCUT2D eigenvalue weighted by Gasteiger charge is -2.18. The zero-order valence-corrected chi connectivity index (χ0v) is 21.2. The number of carbonyl (C=O) groups is 1. The van der Waals surface area contributed by atoms with Crippen LogP contribution in [0.5, 0.6) is 0 Å². The first kappa shape index (κ1) is 29.5. The molecule has 0 aromatic heterocycles. The second-order valence-electron chi connectivity index (χ2n) is 9.45. The Morgan fingerprint density at radius 3 is 1.23 bits per heavy atom. The summed E-state index contributed by atoms with van der Waals surface area (Å²) < 4.78 is 5.93. The minimum absolute atomic E-state index is 0.0579. The van der Waals surface area contributed by atoms with E-state index < -0.39 is 0 Å². The number of unbranched alkanes of at least 4 members (excludes halogenated alkanes) is 17. The molecule has 0 heterocycles. The second-order valence-corrected chi connectivity index (χ2v) is 9.45. The van der Waals surface area contributed by atoms with Crippen molar-refractivity contribution in [1.29, 1.82) is 0 Å². The van der Waals surface area contributed by atoms with Gasteiger partial charge in [0.1, 0.15) is 6.10 Å². The van der Waals surface area contributed by atoms with Crippen LogP contribution in [0.4, 0.5) is 0 Å². The summed E-state index contributed by atoms with van der Waals surface area (Å²) in [4.78, 5) is 12.3. The summed E-state index contributed by atoms with van der Waals surface area (Å²) in [6.45, 7) is 6.79. The molecule has 0 aliphatic heterocycles. The monoisotopic (exact) mass is 424 g/mol. The number of ether oxygens (including phenoxy) is 1. The molecule has 0 spiro atoms. The highest BCUT2D eigenvalue weighted by atomic mass is 16.5. The zero-order chi connectivity index (χ0) is 22.1. The van der Waals surface area contributed by atoms with Crippen LogP contribution in [0.25, 0.3) is 0 Å². The van der Waals surface area contributed by atoms with Gasteiger partial charge in [-0.15, -0.1) is 0 Å². The number of hydrogen-bond acceptors (Lipinski definition) is 2. The summed E-state index contributed by atoms with van der Waals surface area (Å²) in [5, 5.41) is 0. The van der Waals surface area contributed by atoms with Crippen molar-refractivity contribution in [3.8, 4) is 0 Å². The van der Waals surface area contributed by atoms with Crippen molar-refractivity contribution >= 4 is 5.97 Å². The van der Waals surface area contributed by atoms with Crippen LogP contribution in [-0.2, 0) is 9.53 Å². The quantitative estimate of drug-likeness (QED) is 0.114. The molecule has 0 radical (unpaired) electrons. The van der Waals surface area contributed by atoms with Crippen molar-refractivity contribution in [2.24, 2.45) is 0 Å². The van der Waals surface area contributed by atoms with Gasteiger partial charge in [0.05, 0.1) is 0 Å². The zero-order valence-electron chi connectivity index (χ0n) is 21.2. The Kier molecular flexibility index (Phi) is 24.3. The van der Waals surface area contributed by atoms with Crippen molar-refractivity contribution in [3.63, 3.8) is 0 Å². The Morgan fingerprint density at radius 2 is 0.833 bits per heavy atom. The molecule has 0 N–H and O–H groups in total. The molecular formula is C28H56O2. The molecule has 0 aromatic carbocycles. The highest BCUT2D eigenvalue weighted by Gasteiger charge is 2.14. The number of esters is 1. The van der Waals surface area contributed by atoms with E-state index in [1.165, 1.54) is 122 Å². The maximum Gasteiger partial charge on any atom is 0.306 e. The SMILES string of the molecule is CCCCCCCCCC(=O)OC(CCCCCCCC)CCCCCCCCC. The van der Waals surface area contributed by atoms with Gasteiger partial charge in [-0.1, -0.05) is 130 Å². The van der Waals surface area contributed by atoms with Gasteiger partial charge >= 0.3 is 5.97 Å². The first-order valence-electron chi connectivity index (χ1n) is 13.9. The van der Waals surface area contributed by atoms with Crippen LogP contribution in [0, 0.1) is 0 Å². The van der Waals surface area contributed by atoms with Gasteiger partial charge in [0.2, 0.25) is 0 Å². The summed E-state index contributed by atoms with van der Waals surface area (Å²) in [6, 6.07) is 0. The van der Waals surface area contributed by atoms with Crippen LogP contribution in [-0.4, -0.2) is 12.1 Å². The molecule has 180 valence electrons. The van der Waals surface area contributed by atoms with Crippen molar-refractivity contribution in [1.82, 2.24) is 0 Å². The minimum Gasteiger partial charge on any atom is -0.462 e. The lowest BCUT2D eigenvalue weighted by molar-refractivity contribution is -0.150.